The number of amides is 2. The summed E-state index contributed by atoms with van der Waals surface area (Å²) in [4.78, 5) is 31.6. The fourth-order valence-corrected chi connectivity index (χ4v) is 4.54. The number of rotatable bonds is 3. The summed E-state index contributed by atoms with van der Waals surface area (Å²) < 4.78 is 11.1. The third kappa shape index (κ3) is 4.46. The smallest absolute Gasteiger partial charge is 0.254 e. The van der Waals surface area contributed by atoms with Crippen molar-refractivity contribution in [3.05, 3.63) is 22.7 Å². The van der Waals surface area contributed by atoms with Crippen LogP contribution in [0.4, 0.5) is 0 Å². The minimum Gasteiger partial charge on any atom is -0.486 e. The number of piperazine rings is 1. The van der Waals surface area contributed by atoms with Crippen LogP contribution in [0.5, 0.6) is 11.5 Å². The summed E-state index contributed by atoms with van der Waals surface area (Å²) in [6.45, 7) is 6.90. The van der Waals surface area contributed by atoms with Gasteiger partial charge in [0.05, 0.1) is 11.6 Å². The number of carbonyl (C=O) groups is 2. The number of ether oxygens (including phenoxy) is 2. The van der Waals surface area contributed by atoms with Crippen LogP contribution < -0.4 is 9.47 Å². The summed E-state index contributed by atoms with van der Waals surface area (Å²) in [5.74, 6) is 1.16. The molecule has 2 amide bonds. The van der Waals surface area contributed by atoms with Gasteiger partial charge in [0.2, 0.25) is 5.91 Å². The molecule has 0 aliphatic carbocycles. The molecule has 3 aliphatic heterocycles. The molecule has 0 spiro atoms. The largest absolute Gasteiger partial charge is 0.486 e. The Morgan fingerprint density at radius 2 is 1.83 bits per heavy atom. The van der Waals surface area contributed by atoms with E-state index in [1.807, 2.05) is 9.80 Å². The summed E-state index contributed by atoms with van der Waals surface area (Å²) >= 11 is 6.27. The molecule has 1 atom stereocenters. The van der Waals surface area contributed by atoms with Crippen molar-refractivity contribution in [2.24, 2.45) is 0 Å². The minimum absolute atomic E-state index is 0.0699. The van der Waals surface area contributed by atoms with E-state index in [0.717, 1.165) is 19.4 Å². The summed E-state index contributed by atoms with van der Waals surface area (Å²) in [6.07, 6.45) is 3.39. The van der Waals surface area contributed by atoms with Crippen LogP contribution in [0, 0.1) is 0 Å². The zero-order valence-corrected chi connectivity index (χ0v) is 17.6. The average molecular weight is 422 g/mol. The van der Waals surface area contributed by atoms with Crippen LogP contribution in [0.15, 0.2) is 12.1 Å². The maximum atomic E-state index is 12.9. The lowest BCUT2D eigenvalue weighted by molar-refractivity contribution is -0.136. The molecular formula is C21H28ClN3O4. The normalized spacial score (nSPS) is 22.5. The Hall–Kier alpha value is -1.99. The summed E-state index contributed by atoms with van der Waals surface area (Å²) in [7, 11) is 0. The van der Waals surface area contributed by atoms with E-state index < -0.39 is 0 Å². The van der Waals surface area contributed by atoms with Gasteiger partial charge in [-0.25, -0.2) is 0 Å². The van der Waals surface area contributed by atoms with Crippen molar-refractivity contribution in [2.75, 3.05) is 52.5 Å². The molecule has 0 saturated carbocycles. The van der Waals surface area contributed by atoms with Gasteiger partial charge < -0.3 is 19.3 Å². The lowest BCUT2D eigenvalue weighted by Crippen LogP contribution is -2.53. The van der Waals surface area contributed by atoms with Gasteiger partial charge >= 0.3 is 0 Å². The summed E-state index contributed by atoms with van der Waals surface area (Å²) in [5.41, 5.74) is 0.505. The standard InChI is InChI=1S/C21H28ClN3O4/c1-15-4-2-3-5-25(15)19(26)14-23-6-8-24(9-7-23)21(27)16-12-17(22)20-18(13-16)28-10-11-29-20/h12-13,15H,2-11,14H2,1H3. The van der Waals surface area contributed by atoms with Crippen LogP contribution in [0.25, 0.3) is 0 Å². The van der Waals surface area contributed by atoms with Crippen molar-refractivity contribution >= 4 is 23.4 Å². The van der Waals surface area contributed by atoms with Crippen molar-refractivity contribution in [1.29, 1.82) is 0 Å². The summed E-state index contributed by atoms with van der Waals surface area (Å²) in [6, 6.07) is 3.68. The van der Waals surface area contributed by atoms with E-state index in [9.17, 15) is 9.59 Å². The quantitative estimate of drug-likeness (QED) is 0.749. The molecule has 0 N–H and O–H groups in total. The number of benzene rings is 1. The molecule has 8 heteroatoms. The Labute approximate surface area is 176 Å². The maximum Gasteiger partial charge on any atom is 0.254 e. The highest BCUT2D eigenvalue weighted by Gasteiger charge is 2.28. The number of likely N-dealkylation sites (tertiary alicyclic amines) is 1. The molecule has 0 radical (unpaired) electrons. The second-order valence-electron chi connectivity index (χ2n) is 7.98. The molecule has 29 heavy (non-hydrogen) atoms. The van der Waals surface area contributed by atoms with Gasteiger partial charge in [-0.05, 0) is 38.3 Å². The van der Waals surface area contributed by atoms with Gasteiger partial charge in [0.25, 0.3) is 5.91 Å². The average Bonchev–Trinajstić information content (AvgIpc) is 2.74. The molecule has 1 aromatic rings. The molecule has 1 aromatic carbocycles. The van der Waals surface area contributed by atoms with Crippen molar-refractivity contribution in [2.45, 2.75) is 32.2 Å². The second kappa shape index (κ2) is 8.79. The summed E-state index contributed by atoms with van der Waals surface area (Å²) in [5, 5.41) is 0.394. The molecule has 7 nitrogen and oxygen atoms in total. The van der Waals surface area contributed by atoms with Gasteiger partial charge in [-0.15, -0.1) is 0 Å². The molecule has 3 aliphatic rings. The SMILES string of the molecule is CC1CCCCN1C(=O)CN1CCN(C(=O)c2cc(Cl)c3c(c2)OCCO3)CC1. The fraction of sp³-hybridized carbons (Fsp3) is 0.619. The van der Waals surface area contributed by atoms with Crippen LogP contribution in [0.2, 0.25) is 5.02 Å². The van der Waals surface area contributed by atoms with Crippen LogP contribution in [0.3, 0.4) is 0 Å². The number of piperidine rings is 1. The van der Waals surface area contributed by atoms with Gasteiger partial charge in [-0.2, -0.15) is 0 Å². The first-order chi connectivity index (χ1) is 14.0. The van der Waals surface area contributed by atoms with Crippen molar-refractivity contribution < 1.29 is 19.1 Å². The molecule has 0 bridgehead atoms. The number of nitrogens with zero attached hydrogens (tertiary/aromatic N) is 3. The minimum atomic E-state index is -0.0699. The molecule has 2 saturated heterocycles. The number of hydrogen-bond donors (Lipinski definition) is 0. The lowest BCUT2D eigenvalue weighted by Gasteiger charge is -2.38. The fourth-order valence-electron chi connectivity index (χ4n) is 4.28. The molecule has 3 heterocycles. The van der Waals surface area contributed by atoms with E-state index >= 15 is 0 Å². The van der Waals surface area contributed by atoms with Crippen LogP contribution >= 0.6 is 11.6 Å². The first-order valence-electron chi connectivity index (χ1n) is 10.4. The van der Waals surface area contributed by atoms with Gasteiger partial charge in [0.15, 0.2) is 11.5 Å². The van der Waals surface area contributed by atoms with Crippen LogP contribution in [-0.2, 0) is 4.79 Å². The zero-order valence-electron chi connectivity index (χ0n) is 16.9. The lowest BCUT2D eigenvalue weighted by atomic mass is 10.0. The van der Waals surface area contributed by atoms with Gasteiger partial charge in [0, 0.05) is 44.3 Å². The first kappa shape index (κ1) is 20.3. The van der Waals surface area contributed by atoms with E-state index in [1.165, 1.54) is 6.42 Å². The highest BCUT2D eigenvalue weighted by molar-refractivity contribution is 6.32. The second-order valence-corrected chi connectivity index (χ2v) is 8.39. The Balaban J connectivity index is 1.33. The van der Waals surface area contributed by atoms with E-state index in [1.54, 1.807) is 12.1 Å². The predicted octanol–water partition coefficient (Wildman–Crippen LogP) is 2.27. The number of halogens is 1. The third-order valence-corrected chi connectivity index (χ3v) is 6.27. The van der Waals surface area contributed by atoms with Crippen molar-refractivity contribution in [3.63, 3.8) is 0 Å². The molecule has 4 rings (SSSR count). The number of carbonyl (C=O) groups excluding carboxylic acids is 2. The Morgan fingerprint density at radius 1 is 1.07 bits per heavy atom. The van der Waals surface area contributed by atoms with E-state index in [-0.39, 0.29) is 11.8 Å². The number of fused-ring (bicyclic) bond motifs is 1. The zero-order chi connectivity index (χ0) is 20.4. The Morgan fingerprint density at radius 3 is 2.59 bits per heavy atom. The van der Waals surface area contributed by atoms with Gasteiger partial charge in [0.1, 0.15) is 13.2 Å². The highest BCUT2D eigenvalue weighted by Crippen LogP contribution is 2.38. The van der Waals surface area contributed by atoms with Crippen molar-refractivity contribution in [3.8, 4) is 11.5 Å². The van der Waals surface area contributed by atoms with Gasteiger partial charge in [-0.3, -0.25) is 14.5 Å². The van der Waals surface area contributed by atoms with E-state index in [4.69, 9.17) is 21.1 Å². The monoisotopic (exact) mass is 421 g/mol. The number of hydrogen-bond acceptors (Lipinski definition) is 5. The van der Waals surface area contributed by atoms with Crippen LogP contribution in [0.1, 0.15) is 36.5 Å². The molecule has 158 valence electrons. The molecule has 1 unspecified atom stereocenters. The molecule has 0 aromatic heterocycles. The van der Waals surface area contributed by atoms with Crippen molar-refractivity contribution in [1.82, 2.24) is 14.7 Å². The van der Waals surface area contributed by atoms with E-state index in [0.29, 0.717) is 74.1 Å². The first-order valence-corrected chi connectivity index (χ1v) is 10.8. The molecule has 2 fully saturated rings. The Kier molecular flexibility index (Phi) is 6.15. The molecular weight excluding hydrogens is 394 g/mol. The highest BCUT2D eigenvalue weighted by atomic mass is 35.5. The van der Waals surface area contributed by atoms with E-state index in [2.05, 4.69) is 11.8 Å². The Bertz CT molecular complexity index is 779. The topological polar surface area (TPSA) is 62.3 Å². The maximum absolute atomic E-state index is 12.9. The van der Waals surface area contributed by atoms with Crippen LogP contribution in [-0.4, -0.2) is 85.0 Å². The van der Waals surface area contributed by atoms with Gasteiger partial charge in [-0.1, -0.05) is 11.6 Å². The predicted molar refractivity (Wildman–Crippen MR) is 110 cm³/mol. The third-order valence-electron chi connectivity index (χ3n) is 5.99.